The summed E-state index contributed by atoms with van der Waals surface area (Å²) >= 11 is 3.37. The number of nitrogens with one attached hydrogen (secondary N) is 2. The fourth-order valence-corrected chi connectivity index (χ4v) is 2.32. The first-order valence-corrected chi connectivity index (χ1v) is 5.46. The van der Waals surface area contributed by atoms with E-state index in [0.29, 0.717) is 0 Å². The Morgan fingerprint density at radius 3 is 2.86 bits per heavy atom. The summed E-state index contributed by atoms with van der Waals surface area (Å²) in [6, 6.07) is 5.14. The van der Waals surface area contributed by atoms with Crippen LogP contribution in [-0.2, 0) is 0 Å². The highest BCUT2D eigenvalue weighted by atomic mass is 79.9. The van der Waals surface area contributed by atoms with Crippen LogP contribution in [0.4, 0.5) is 4.39 Å². The topological polar surface area (TPSA) is 24.1 Å². The van der Waals surface area contributed by atoms with Crippen molar-refractivity contribution in [3.05, 3.63) is 34.1 Å². The Kier molecular flexibility index (Phi) is 3.15. The van der Waals surface area contributed by atoms with Gasteiger partial charge in [-0.2, -0.15) is 0 Å². The van der Waals surface area contributed by atoms with Gasteiger partial charge in [-0.3, -0.25) is 0 Å². The summed E-state index contributed by atoms with van der Waals surface area (Å²) in [6.45, 7) is 2.60. The van der Waals surface area contributed by atoms with Gasteiger partial charge in [-0.05, 0) is 12.1 Å². The molecule has 76 valence electrons. The van der Waals surface area contributed by atoms with Crippen molar-refractivity contribution in [2.45, 2.75) is 6.04 Å². The van der Waals surface area contributed by atoms with Gasteiger partial charge in [-0.1, -0.05) is 22.0 Å². The fourth-order valence-electron chi connectivity index (χ4n) is 1.70. The maximum atomic E-state index is 13.5. The smallest absolute Gasteiger partial charge is 0.129 e. The lowest BCUT2D eigenvalue weighted by molar-refractivity contribution is 0.415. The lowest BCUT2D eigenvalue weighted by Crippen LogP contribution is -2.43. The van der Waals surface area contributed by atoms with Gasteiger partial charge in [0.05, 0.1) is 0 Å². The molecule has 0 unspecified atom stereocenters. The molecule has 1 aliphatic heterocycles. The molecule has 0 amide bonds. The average molecular weight is 259 g/mol. The van der Waals surface area contributed by atoms with E-state index in [9.17, 15) is 4.39 Å². The Hall–Kier alpha value is -0.450. The highest BCUT2D eigenvalue weighted by Gasteiger charge is 2.19. The predicted octanol–water partition coefficient (Wildman–Crippen LogP) is 1.82. The molecule has 0 radical (unpaired) electrons. The Balaban J connectivity index is 2.29. The molecule has 14 heavy (non-hydrogen) atoms. The average Bonchev–Trinajstić information content (AvgIpc) is 2.19. The lowest BCUT2D eigenvalue weighted by Gasteiger charge is -2.25. The molecule has 0 aliphatic carbocycles. The van der Waals surface area contributed by atoms with Crippen LogP contribution in [-0.4, -0.2) is 19.6 Å². The highest BCUT2D eigenvalue weighted by molar-refractivity contribution is 9.10. The van der Waals surface area contributed by atoms with Gasteiger partial charge in [-0.15, -0.1) is 0 Å². The van der Waals surface area contributed by atoms with Crippen molar-refractivity contribution in [3.63, 3.8) is 0 Å². The molecule has 1 saturated heterocycles. The second-order valence-electron chi connectivity index (χ2n) is 3.35. The van der Waals surface area contributed by atoms with Crippen LogP contribution in [0.2, 0.25) is 0 Å². The van der Waals surface area contributed by atoms with E-state index in [-0.39, 0.29) is 11.9 Å². The van der Waals surface area contributed by atoms with Crippen LogP contribution in [0.1, 0.15) is 11.6 Å². The zero-order valence-electron chi connectivity index (χ0n) is 7.69. The molecule has 4 heteroatoms. The maximum Gasteiger partial charge on any atom is 0.129 e. The first-order valence-electron chi connectivity index (χ1n) is 4.67. The molecule has 0 spiro atoms. The van der Waals surface area contributed by atoms with Crippen LogP contribution >= 0.6 is 15.9 Å². The lowest BCUT2D eigenvalue weighted by atomic mass is 10.1. The summed E-state index contributed by atoms with van der Waals surface area (Å²) in [6.07, 6.45) is 0. The van der Waals surface area contributed by atoms with Gasteiger partial charge in [0.1, 0.15) is 5.82 Å². The predicted molar refractivity (Wildman–Crippen MR) is 57.7 cm³/mol. The van der Waals surface area contributed by atoms with Crippen molar-refractivity contribution in [3.8, 4) is 0 Å². The van der Waals surface area contributed by atoms with Crippen LogP contribution in [0.5, 0.6) is 0 Å². The zero-order chi connectivity index (χ0) is 9.97. The van der Waals surface area contributed by atoms with Gasteiger partial charge in [0.15, 0.2) is 0 Å². The molecule has 1 heterocycles. The molecule has 2 rings (SSSR count). The standard InChI is InChI=1S/C10H12BrFN2/c11-7-2-1-3-8(12)10(7)9-6-13-4-5-14-9/h1-3,9,13-14H,4-6H2/t9-/m1/s1. The molecular weight excluding hydrogens is 247 g/mol. The largest absolute Gasteiger partial charge is 0.314 e. The Labute approximate surface area is 91.0 Å². The molecule has 1 atom stereocenters. The monoisotopic (exact) mass is 258 g/mol. The fraction of sp³-hybridized carbons (Fsp3) is 0.400. The van der Waals surface area contributed by atoms with Crippen molar-refractivity contribution < 1.29 is 4.39 Å². The first kappa shape index (κ1) is 10.1. The number of halogens is 2. The van der Waals surface area contributed by atoms with Gasteiger partial charge in [0.2, 0.25) is 0 Å². The zero-order valence-corrected chi connectivity index (χ0v) is 9.27. The number of rotatable bonds is 1. The summed E-state index contributed by atoms with van der Waals surface area (Å²) in [5, 5.41) is 6.52. The molecule has 2 nitrogen and oxygen atoms in total. The van der Waals surface area contributed by atoms with Crippen molar-refractivity contribution in [2.24, 2.45) is 0 Å². The van der Waals surface area contributed by atoms with Gasteiger partial charge in [0, 0.05) is 35.7 Å². The Bertz CT molecular complexity index is 304. The Morgan fingerprint density at radius 1 is 1.36 bits per heavy atom. The summed E-state index contributed by atoms with van der Waals surface area (Å²) in [5.74, 6) is -0.152. The number of benzene rings is 1. The van der Waals surface area contributed by atoms with Crippen molar-refractivity contribution >= 4 is 15.9 Å². The SMILES string of the molecule is Fc1cccc(Br)c1[C@H]1CNCCN1. The summed E-state index contributed by atoms with van der Waals surface area (Å²) < 4.78 is 14.4. The second-order valence-corrected chi connectivity index (χ2v) is 4.20. The molecule has 0 bridgehead atoms. The summed E-state index contributed by atoms with van der Waals surface area (Å²) in [5.41, 5.74) is 0.722. The Morgan fingerprint density at radius 2 is 2.21 bits per heavy atom. The number of hydrogen-bond acceptors (Lipinski definition) is 2. The van der Waals surface area contributed by atoms with E-state index in [0.717, 1.165) is 29.7 Å². The quantitative estimate of drug-likeness (QED) is 0.803. The molecule has 1 aromatic carbocycles. The minimum absolute atomic E-state index is 0.0688. The molecule has 1 aromatic rings. The number of piperazine rings is 1. The van der Waals surface area contributed by atoms with Gasteiger partial charge in [-0.25, -0.2) is 4.39 Å². The second kappa shape index (κ2) is 4.38. The van der Waals surface area contributed by atoms with Crippen molar-refractivity contribution in [1.82, 2.24) is 10.6 Å². The highest BCUT2D eigenvalue weighted by Crippen LogP contribution is 2.26. The normalized spacial score (nSPS) is 22.3. The van der Waals surface area contributed by atoms with E-state index in [2.05, 4.69) is 26.6 Å². The van der Waals surface area contributed by atoms with E-state index < -0.39 is 0 Å². The molecular formula is C10H12BrFN2. The molecule has 0 aromatic heterocycles. The van der Waals surface area contributed by atoms with Crippen LogP contribution < -0.4 is 10.6 Å². The molecule has 1 aliphatic rings. The number of hydrogen-bond donors (Lipinski definition) is 2. The van der Waals surface area contributed by atoms with Gasteiger partial charge in [0.25, 0.3) is 0 Å². The minimum atomic E-state index is -0.152. The third-order valence-electron chi connectivity index (χ3n) is 2.39. The molecule has 2 N–H and O–H groups in total. The van der Waals surface area contributed by atoms with Crippen molar-refractivity contribution in [1.29, 1.82) is 0 Å². The minimum Gasteiger partial charge on any atom is -0.314 e. The van der Waals surface area contributed by atoms with E-state index >= 15 is 0 Å². The first-order chi connectivity index (χ1) is 6.79. The van der Waals surface area contributed by atoms with Gasteiger partial charge >= 0.3 is 0 Å². The van der Waals surface area contributed by atoms with Crippen LogP contribution in [0.15, 0.2) is 22.7 Å². The van der Waals surface area contributed by atoms with Crippen LogP contribution in [0, 0.1) is 5.82 Å². The third kappa shape index (κ3) is 1.97. The van der Waals surface area contributed by atoms with Crippen LogP contribution in [0.3, 0.4) is 0 Å². The van der Waals surface area contributed by atoms with Crippen LogP contribution in [0.25, 0.3) is 0 Å². The summed E-state index contributed by atoms with van der Waals surface area (Å²) in [7, 11) is 0. The van der Waals surface area contributed by atoms with E-state index in [4.69, 9.17) is 0 Å². The van der Waals surface area contributed by atoms with Gasteiger partial charge < -0.3 is 10.6 Å². The van der Waals surface area contributed by atoms with E-state index in [1.165, 1.54) is 6.07 Å². The maximum absolute atomic E-state index is 13.5. The van der Waals surface area contributed by atoms with Crippen molar-refractivity contribution in [2.75, 3.05) is 19.6 Å². The molecule has 1 fully saturated rings. The molecule has 0 saturated carbocycles. The third-order valence-corrected chi connectivity index (χ3v) is 3.08. The van der Waals surface area contributed by atoms with E-state index in [1.54, 1.807) is 6.07 Å². The summed E-state index contributed by atoms with van der Waals surface area (Å²) in [4.78, 5) is 0. The van der Waals surface area contributed by atoms with E-state index in [1.807, 2.05) is 6.07 Å².